The van der Waals surface area contributed by atoms with Crippen molar-refractivity contribution in [1.29, 1.82) is 0 Å². The molecule has 2 fully saturated rings. The van der Waals surface area contributed by atoms with Crippen LogP contribution < -0.4 is 10.6 Å². The van der Waals surface area contributed by atoms with E-state index in [0.717, 1.165) is 23.1 Å². The van der Waals surface area contributed by atoms with Gasteiger partial charge < -0.3 is 15.7 Å². The minimum Gasteiger partial charge on any atom is -0.384 e. The number of nitrogens with one attached hydrogen (secondary N) is 2. The summed E-state index contributed by atoms with van der Waals surface area (Å²) >= 11 is 14.9. The Balaban J connectivity index is 0.000000179. The number of aromatic nitrogens is 4. The number of nitrogens with zero attached hydrogens (tertiary/aromatic N) is 4. The van der Waals surface area contributed by atoms with Crippen LogP contribution in [0.3, 0.4) is 0 Å². The van der Waals surface area contributed by atoms with Crippen molar-refractivity contribution in [3.63, 3.8) is 0 Å². The molecular formula is C21H25BrCl2N6O. The van der Waals surface area contributed by atoms with Gasteiger partial charge in [-0.3, -0.25) is 0 Å². The zero-order valence-electron chi connectivity index (χ0n) is 17.0. The maximum Gasteiger partial charge on any atom is 0.224 e. The molecule has 0 saturated heterocycles. The van der Waals surface area contributed by atoms with Crippen LogP contribution in [-0.2, 0) is 0 Å². The molecule has 2 heterocycles. The van der Waals surface area contributed by atoms with Gasteiger partial charge in [0, 0.05) is 24.5 Å². The van der Waals surface area contributed by atoms with Crippen LogP contribution >= 0.6 is 39.1 Å². The molecule has 0 spiro atoms. The lowest BCUT2D eigenvalue weighted by molar-refractivity contribution is 0.350. The Labute approximate surface area is 200 Å². The Morgan fingerprint density at radius 2 is 1.42 bits per heavy atom. The van der Waals surface area contributed by atoms with Crippen molar-refractivity contribution in [2.75, 3.05) is 17.2 Å². The number of hydrogen-bond donors (Lipinski definition) is 3. The molecule has 0 aromatic carbocycles. The first-order valence-corrected chi connectivity index (χ1v) is 11.9. The predicted octanol–water partition coefficient (Wildman–Crippen LogP) is 5.08. The van der Waals surface area contributed by atoms with Crippen molar-refractivity contribution in [2.45, 2.75) is 63.5 Å². The van der Waals surface area contributed by atoms with E-state index in [-0.39, 0.29) is 17.2 Å². The Kier molecular flexibility index (Phi) is 9.59. The highest BCUT2D eigenvalue weighted by molar-refractivity contribution is 9.10. The van der Waals surface area contributed by atoms with Crippen LogP contribution in [-0.4, -0.2) is 43.7 Å². The summed E-state index contributed by atoms with van der Waals surface area (Å²) in [5, 5.41) is 15.9. The van der Waals surface area contributed by atoms with Crippen molar-refractivity contribution in [1.82, 2.24) is 19.9 Å². The lowest BCUT2D eigenvalue weighted by atomic mass is 10.2. The molecule has 0 radical (unpaired) electrons. The van der Waals surface area contributed by atoms with E-state index < -0.39 is 0 Å². The van der Waals surface area contributed by atoms with Gasteiger partial charge in [0.2, 0.25) is 10.6 Å². The zero-order chi connectivity index (χ0) is 22.1. The first kappa shape index (κ1) is 24.0. The van der Waals surface area contributed by atoms with Crippen LogP contribution in [0.4, 0.5) is 11.6 Å². The summed E-state index contributed by atoms with van der Waals surface area (Å²) in [6.45, 7) is -0.175. The molecule has 0 amide bonds. The highest BCUT2D eigenvalue weighted by Crippen LogP contribution is 2.26. The fourth-order valence-corrected chi connectivity index (χ4v) is 4.24. The number of aliphatic hydroxyl groups excluding tert-OH is 1. The Bertz CT molecular complexity index is 924. The molecule has 2 aromatic heterocycles. The highest BCUT2D eigenvalue weighted by atomic mass is 79.9. The summed E-state index contributed by atoms with van der Waals surface area (Å²) in [4.78, 5) is 16.1. The molecule has 0 unspecified atom stereocenters. The van der Waals surface area contributed by atoms with E-state index in [0.29, 0.717) is 23.5 Å². The molecule has 0 bridgehead atoms. The maximum absolute atomic E-state index is 8.70. The lowest BCUT2D eigenvalue weighted by Gasteiger charge is -2.13. The van der Waals surface area contributed by atoms with Crippen LogP contribution in [0.1, 0.15) is 56.9 Å². The van der Waals surface area contributed by atoms with E-state index in [1.165, 1.54) is 38.5 Å². The van der Waals surface area contributed by atoms with E-state index in [4.69, 9.17) is 28.3 Å². The van der Waals surface area contributed by atoms with Crippen molar-refractivity contribution >= 4 is 50.8 Å². The van der Waals surface area contributed by atoms with Gasteiger partial charge in [-0.15, -0.1) is 0 Å². The summed E-state index contributed by atoms with van der Waals surface area (Å²) < 4.78 is 0.869. The molecule has 3 N–H and O–H groups in total. The van der Waals surface area contributed by atoms with Crippen molar-refractivity contribution in [3.8, 4) is 11.8 Å². The monoisotopic (exact) mass is 526 g/mol. The number of hydrogen-bond acceptors (Lipinski definition) is 7. The second kappa shape index (κ2) is 12.4. The van der Waals surface area contributed by atoms with E-state index in [1.807, 2.05) is 0 Å². The zero-order valence-corrected chi connectivity index (χ0v) is 20.1. The molecule has 7 nitrogen and oxygen atoms in total. The molecular weight excluding hydrogens is 503 g/mol. The Morgan fingerprint density at radius 1 is 0.903 bits per heavy atom. The van der Waals surface area contributed by atoms with Gasteiger partial charge in [-0.05, 0) is 64.8 Å². The third-order valence-electron chi connectivity index (χ3n) is 5.17. The van der Waals surface area contributed by atoms with E-state index in [1.54, 1.807) is 12.4 Å². The van der Waals surface area contributed by atoms with E-state index >= 15 is 0 Å². The van der Waals surface area contributed by atoms with Crippen molar-refractivity contribution < 1.29 is 5.11 Å². The quantitative estimate of drug-likeness (QED) is 0.377. The van der Waals surface area contributed by atoms with Gasteiger partial charge in [0.05, 0.1) is 10.0 Å². The minimum atomic E-state index is -0.175. The number of aliphatic hydroxyl groups is 1. The smallest absolute Gasteiger partial charge is 0.224 e. The van der Waals surface area contributed by atoms with Gasteiger partial charge in [0.25, 0.3) is 0 Å². The predicted molar refractivity (Wildman–Crippen MR) is 128 cm³/mol. The highest BCUT2D eigenvalue weighted by Gasteiger charge is 2.17. The molecule has 0 aliphatic heterocycles. The largest absolute Gasteiger partial charge is 0.384 e. The number of halogens is 3. The molecule has 2 aromatic rings. The fraction of sp³-hybridized carbons (Fsp3) is 0.524. The molecule has 10 heteroatoms. The maximum atomic E-state index is 8.70. The summed E-state index contributed by atoms with van der Waals surface area (Å²) in [7, 11) is 0. The fourth-order valence-electron chi connectivity index (χ4n) is 3.67. The van der Waals surface area contributed by atoms with Crippen LogP contribution in [0.15, 0.2) is 16.9 Å². The molecule has 2 aliphatic rings. The SMILES string of the molecule is Clc1ncc(Br)c(NC2CCCC2)n1.OCC#Cc1cnc(Cl)nc1NC1CCCC1. The van der Waals surface area contributed by atoms with Gasteiger partial charge in [0.1, 0.15) is 18.2 Å². The standard InChI is InChI=1S/C12H14ClN3O.C9H11BrClN3/c13-12-14-8-9(4-3-7-17)11(16-12)15-10-5-1-2-6-10;10-7-5-12-9(11)14-8(7)13-6-3-1-2-4-6/h8,10,17H,1-2,5-7H2,(H,14,15,16);5-6H,1-4H2,(H,12,13,14). The van der Waals surface area contributed by atoms with Gasteiger partial charge in [-0.1, -0.05) is 37.5 Å². The summed E-state index contributed by atoms with van der Waals surface area (Å²) in [5.41, 5.74) is 0.676. The second-order valence-electron chi connectivity index (χ2n) is 7.45. The van der Waals surface area contributed by atoms with E-state index in [9.17, 15) is 0 Å². The van der Waals surface area contributed by atoms with Crippen LogP contribution in [0.5, 0.6) is 0 Å². The van der Waals surface area contributed by atoms with Crippen LogP contribution in [0.2, 0.25) is 10.6 Å². The number of rotatable bonds is 4. The van der Waals surface area contributed by atoms with Gasteiger partial charge in [-0.2, -0.15) is 9.97 Å². The van der Waals surface area contributed by atoms with Crippen molar-refractivity contribution in [3.05, 3.63) is 33.0 Å². The summed E-state index contributed by atoms with van der Waals surface area (Å²) in [5.74, 6) is 6.88. The topological polar surface area (TPSA) is 95.9 Å². The lowest BCUT2D eigenvalue weighted by Crippen LogP contribution is -2.16. The molecule has 0 atom stereocenters. The van der Waals surface area contributed by atoms with Gasteiger partial charge in [-0.25, -0.2) is 9.97 Å². The van der Waals surface area contributed by atoms with Crippen LogP contribution in [0.25, 0.3) is 0 Å². The average molecular weight is 528 g/mol. The summed E-state index contributed by atoms with van der Waals surface area (Å²) in [6.07, 6.45) is 13.1. The van der Waals surface area contributed by atoms with Gasteiger partial charge in [0.15, 0.2) is 0 Å². The average Bonchev–Trinajstić information content (AvgIpc) is 3.45. The third kappa shape index (κ3) is 7.76. The molecule has 31 heavy (non-hydrogen) atoms. The normalized spacial score (nSPS) is 16.3. The van der Waals surface area contributed by atoms with Crippen LogP contribution in [0, 0.1) is 11.8 Å². The van der Waals surface area contributed by atoms with Gasteiger partial charge >= 0.3 is 0 Å². The second-order valence-corrected chi connectivity index (χ2v) is 8.98. The molecule has 2 saturated carbocycles. The summed E-state index contributed by atoms with van der Waals surface area (Å²) in [6, 6.07) is 0.980. The first-order valence-electron chi connectivity index (χ1n) is 10.4. The molecule has 4 rings (SSSR count). The van der Waals surface area contributed by atoms with Crippen molar-refractivity contribution in [2.24, 2.45) is 0 Å². The van der Waals surface area contributed by atoms with E-state index in [2.05, 4.69) is 58.3 Å². The molecule has 2 aliphatic carbocycles. The minimum absolute atomic E-state index is 0.175. The Hall–Kier alpha value is -1.66. The first-order chi connectivity index (χ1) is 15.0. The third-order valence-corrected chi connectivity index (χ3v) is 6.11. The Morgan fingerprint density at radius 3 is 2.00 bits per heavy atom. The molecule has 166 valence electrons. The number of anilines is 2.